The summed E-state index contributed by atoms with van der Waals surface area (Å²) in [5, 5.41) is 2.32. The SMILES string of the molecule is CC(C)(c1ccccc1)c1ccc(N(c2ccc(C(C)(C)c3ccccc3)cc2)P(=S)(c2ccccc2)c2ccccc2)cc1. The standard InChI is InChI=1S/C42H40NPS/c1-41(2,33-17-9-5-10-18-33)35-25-29-37(30-26-35)43(44(45,39-21-13-7-14-22-39)40-23-15-8-16-24-40)38-31-27-36(28-32-38)42(3,4)34-19-11-6-12-20-34/h5-32H,1-4H3. The molecule has 0 heterocycles. The predicted molar refractivity (Wildman–Crippen MR) is 199 cm³/mol. The lowest BCUT2D eigenvalue weighted by molar-refractivity contribution is 0.641. The van der Waals surface area contributed by atoms with Crippen LogP contribution in [0.1, 0.15) is 49.9 Å². The molecular weight excluding hydrogens is 582 g/mol. The van der Waals surface area contributed by atoms with Crippen molar-refractivity contribution < 1.29 is 0 Å². The summed E-state index contributed by atoms with van der Waals surface area (Å²) in [4.78, 5) is 0. The van der Waals surface area contributed by atoms with Crippen molar-refractivity contribution in [3.8, 4) is 0 Å². The third kappa shape index (κ3) is 5.94. The van der Waals surface area contributed by atoms with Crippen LogP contribution in [0, 0.1) is 0 Å². The zero-order chi connectivity index (χ0) is 31.5. The average Bonchev–Trinajstić information content (AvgIpc) is 3.10. The monoisotopic (exact) mass is 621 g/mol. The van der Waals surface area contributed by atoms with Crippen LogP contribution in [0.15, 0.2) is 170 Å². The van der Waals surface area contributed by atoms with Crippen molar-refractivity contribution in [2.45, 2.75) is 38.5 Å². The summed E-state index contributed by atoms with van der Waals surface area (Å²) in [7, 11) is 0. The Balaban J connectivity index is 1.51. The summed E-state index contributed by atoms with van der Waals surface area (Å²) in [6.07, 6.45) is -2.54. The van der Waals surface area contributed by atoms with Gasteiger partial charge in [-0.25, -0.2) is 0 Å². The number of hydrogen-bond acceptors (Lipinski definition) is 1. The highest BCUT2D eigenvalue weighted by atomic mass is 32.4. The summed E-state index contributed by atoms with van der Waals surface area (Å²) in [6.45, 7) is 9.17. The highest BCUT2D eigenvalue weighted by molar-refractivity contribution is 8.22. The first-order valence-corrected chi connectivity index (χ1v) is 18.3. The molecule has 6 rings (SSSR count). The van der Waals surface area contributed by atoms with E-state index < -0.39 is 6.19 Å². The number of benzene rings is 6. The van der Waals surface area contributed by atoms with E-state index in [4.69, 9.17) is 11.8 Å². The Hall–Kier alpha value is -4.23. The second-order valence-corrected chi connectivity index (χ2v) is 16.8. The van der Waals surface area contributed by atoms with E-state index in [0.717, 1.165) is 22.0 Å². The van der Waals surface area contributed by atoms with Crippen LogP contribution in [0.5, 0.6) is 0 Å². The van der Waals surface area contributed by atoms with Gasteiger partial charge in [0.05, 0.1) is 6.19 Å². The van der Waals surface area contributed by atoms with Crippen LogP contribution < -0.4 is 15.3 Å². The van der Waals surface area contributed by atoms with Crippen molar-refractivity contribution in [3.63, 3.8) is 0 Å². The Morgan fingerprint density at radius 3 is 0.956 bits per heavy atom. The van der Waals surface area contributed by atoms with Gasteiger partial charge in [-0.1, -0.05) is 185 Å². The van der Waals surface area contributed by atoms with Gasteiger partial charge in [-0.3, -0.25) is 0 Å². The van der Waals surface area contributed by atoms with Crippen LogP contribution in [0.4, 0.5) is 11.4 Å². The van der Waals surface area contributed by atoms with Crippen LogP contribution >= 0.6 is 6.19 Å². The van der Waals surface area contributed by atoms with Gasteiger partial charge in [0.15, 0.2) is 0 Å². The van der Waals surface area contributed by atoms with E-state index in [0.29, 0.717) is 0 Å². The van der Waals surface area contributed by atoms with Crippen molar-refractivity contribution in [2.75, 3.05) is 4.67 Å². The fraction of sp³-hybridized carbons (Fsp3) is 0.143. The Morgan fingerprint density at radius 1 is 0.378 bits per heavy atom. The van der Waals surface area contributed by atoms with Gasteiger partial charge in [-0.05, 0) is 46.5 Å². The molecule has 1 nitrogen and oxygen atoms in total. The summed E-state index contributed by atoms with van der Waals surface area (Å²) in [5.74, 6) is 0. The molecule has 0 N–H and O–H groups in total. The predicted octanol–water partition coefficient (Wildman–Crippen LogP) is 10.5. The zero-order valence-electron chi connectivity index (χ0n) is 26.5. The molecule has 0 fully saturated rings. The molecule has 0 bridgehead atoms. The highest BCUT2D eigenvalue weighted by Crippen LogP contribution is 2.55. The fourth-order valence-electron chi connectivity index (χ4n) is 6.20. The number of rotatable bonds is 9. The first-order valence-electron chi connectivity index (χ1n) is 15.6. The fourth-order valence-corrected chi connectivity index (χ4v) is 10.3. The summed E-state index contributed by atoms with van der Waals surface area (Å²) < 4.78 is 2.44. The van der Waals surface area contributed by atoms with Crippen molar-refractivity contribution in [1.82, 2.24) is 0 Å². The second-order valence-electron chi connectivity index (χ2n) is 12.6. The van der Waals surface area contributed by atoms with Crippen LogP contribution in [0.2, 0.25) is 0 Å². The Bertz CT molecular complexity index is 1740. The van der Waals surface area contributed by atoms with Gasteiger partial charge in [-0.15, -0.1) is 0 Å². The van der Waals surface area contributed by atoms with E-state index >= 15 is 0 Å². The van der Waals surface area contributed by atoms with Crippen molar-refractivity contribution in [1.29, 1.82) is 0 Å². The Kier molecular flexibility index (Phi) is 8.65. The van der Waals surface area contributed by atoms with Gasteiger partial charge in [-0.2, -0.15) is 0 Å². The molecule has 0 aliphatic heterocycles. The van der Waals surface area contributed by atoms with E-state index in [1.54, 1.807) is 0 Å². The minimum Gasteiger partial charge on any atom is -0.306 e. The van der Waals surface area contributed by atoms with E-state index in [2.05, 4.69) is 202 Å². The average molecular weight is 622 g/mol. The Morgan fingerprint density at radius 2 is 0.644 bits per heavy atom. The minimum atomic E-state index is -2.54. The Labute approximate surface area is 274 Å². The van der Waals surface area contributed by atoms with Gasteiger partial charge in [0.1, 0.15) is 0 Å². The van der Waals surface area contributed by atoms with Crippen molar-refractivity contribution in [2.24, 2.45) is 0 Å². The first kappa shape index (κ1) is 30.8. The summed E-state index contributed by atoms with van der Waals surface area (Å²) in [5.41, 5.74) is 7.05. The molecule has 0 saturated carbocycles. The van der Waals surface area contributed by atoms with Gasteiger partial charge < -0.3 is 4.67 Å². The molecule has 224 valence electrons. The molecule has 45 heavy (non-hydrogen) atoms. The van der Waals surface area contributed by atoms with Gasteiger partial charge >= 0.3 is 0 Å². The molecule has 0 saturated heterocycles. The van der Waals surface area contributed by atoms with E-state index in [9.17, 15) is 0 Å². The maximum Gasteiger partial charge on any atom is 0.0972 e. The maximum atomic E-state index is 6.92. The molecule has 0 radical (unpaired) electrons. The van der Waals surface area contributed by atoms with Gasteiger partial charge in [0.25, 0.3) is 0 Å². The third-order valence-corrected chi connectivity index (χ3v) is 13.9. The quantitative estimate of drug-likeness (QED) is 0.148. The van der Waals surface area contributed by atoms with E-state index in [-0.39, 0.29) is 10.8 Å². The molecule has 0 unspecified atom stereocenters. The highest BCUT2D eigenvalue weighted by Gasteiger charge is 2.33. The zero-order valence-corrected chi connectivity index (χ0v) is 28.2. The molecule has 6 aromatic rings. The van der Waals surface area contributed by atoms with Crippen LogP contribution in [-0.4, -0.2) is 0 Å². The molecule has 0 aliphatic rings. The third-order valence-electron chi connectivity index (χ3n) is 9.15. The van der Waals surface area contributed by atoms with E-state index in [1.807, 2.05) is 0 Å². The lowest BCUT2D eigenvalue weighted by Gasteiger charge is -2.38. The van der Waals surface area contributed by atoms with Gasteiger partial charge in [0.2, 0.25) is 0 Å². The largest absolute Gasteiger partial charge is 0.306 e. The summed E-state index contributed by atoms with van der Waals surface area (Å²) >= 11 is 6.92. The topological polar surface area (TPSA) is 3.24 Å². The molecule has 0 aromatic heterocycles. The van der Waals surface area contributed by atoms with Crippen LogP contribution in [0.25, 0.3) is 0 Å². The first-order chi connectivity index (χ1) is 21.7. The summed E-state index contributed by atoms with van der Waals surface area (Å²) in [6, 6.07) is 60.9. The lowest BCUT2D eigenvalue weighted by Crippen LogP contribution is -2.29. The number of hydrogen-bond donors (Lipinski definition) is 0. The van der Waals surface area contributed by atoms with Crippen LogP contribution in [-0.2, 0) is 22.6 Å². The lowest BCUT2D eigenvalue weighted by atomic mass is 9.78. The van der Waals surface area contributed by atoms with Crippen molar-refractivity contribution in [3.05, 3.63) is 192 Å². The second kappa shape index (κ2) is 12.6. The molecule has 3 heteroatoms. The molecular formula is C42H40NPS. The smallest absolute Gasteiger partial charge is 0.0972 e. The number of anilines is 2. The molecule has 6 aromatic carbocycles. The molecule has 0 atom stereocenters. The van der Waals surface area contributed by atoms with Crippen LogP contribution in [0.3, 0.4) is 0 Å². The maximum absolute atomic E-state index is 6.92. The molecule has 0 aliphatic carbocycles. The minimum absolute atomic E-state index is 0.131. The number of nitrogens with zero attached hydrogens (tertiary/aromatic N) is 1. The normalized spacial score (nSPS) is 12.1. The molecule has 0 amide bonds. The van der Waals surface area contributed by atoms with Gasteiger partial charge in [0, 0.05) is 32.8 Å². The van der Waals surface area contributed by atoms with E-state index in [1.165, 1.54) is 22.3 Å². The molecule has 0 spiro atoms. The van der Waals surface area contributed by atoms with Crippen molar-refractivity contribution >= 4 is 40.0 Å².